The molecule has 16 heavy (non-hydrogen) atoms. The normalized spacial score (nSPS) is 15.2. The zero-order chi connectivity index (χ0) is 11.5. The minimum atomic E-state index is -0.198. The predicted molar refractivity (Wildman–Crippen MR) is 65.0 cm³/mol. The summed E-state index contributed by atoms with van der Waals surface area (Å²) in [6, 6.07) is 5.60. The number of benzene rings is 1. The first-order valence-electron chi connectivity index (χ1n) is 6.01. The van der Waals surface area contributed by atoms with Gasteiger partial charge in [0.05, 0.1) is 0 Å². The van der Waals surface area contributed by atoms with Gasteiger partial charge in [-0.1, -0.05) is 6.92 Å². The number of halogens is 1. The highest BCUT2D eigenvalue weighted by atomic mass is 19.1. The summed E-state index contributed by atoms with van der Waals surface area (Å²) >= 11 is 0. The molecule has 0 spiro atoms. The molecule has 1 aliphatic rings. The van der Waals surface area contributed by atoms with Crippen molar-refractivity contribution in [3.63, 3.8) is 0 Å². The van der Waals surface area contributed by atoms with Crippen LogP contribution in [0.3, 0.4) is 0 Å². The molecule has 0 aliphatic heterocycles. The van der Waals surface area contributed by atoms with E-state index in [-0.39, 0.29) is 5.82 Å². The van der Waals surface area contributed by atoms with E-state index in [1.54, 1.807) is 6.07 Å². The Kier molecular flexibility index (Phi) is 3.44. The minimum absolute atomic E-state index is 0.198. The number of hydrogen-bond acceptors (Lipinski definition) is 2. The molecule has 0 heterocycles. The van der Waals surface area contributed by atoms with Crippen molar-refractivity contribution in [2.24, 2.45) is 5.73 Å². The Balaban J connectivity index is 2.28. The maximum atomic E-state index is 13.1. The van der Waals surface area contributed by atoms with E-state index in [2.05, 4.69) is 11.8 Å². The van der Waals surface area contributed by atoms with Crippen molar-refractivity contribution in [1.82, 2.24) is 0 Å². The topological polar surface area (TPSA) is 29.3 Å². The molecule has 0 aromatic heterocycles. The van der Waals surface area contributed by atoms with Crippen LogP contribution in [0.25, 0.3) is 0 Å². The van der Waals surface area contributed by atoms with Gasteiger partial charge in [-0.05, 0) is 43.0 Å². The van der Waals surface area contributed by atoms with Crippen LogP contribution in [0.4, 0.5) is 10.1 Å². The summed E-state index contributed by atoms with van der Waals surface area (Å²) in [6.07, 6.45) is 3.61. The first-order valence-corrected chi connectivity index (χ1v) is 6.01. The molecule has 1 aromatic rings. The van der Waals surface area contributed by atoms with Crippen molar-refractivity contribution in [1.29, 1.82) is 0 Å². The first-order chi connectivity index (χ1) is 7.76. The monoisotopic (exact) mass is 222 g/mol. The molecule has 3 heteroatoms. The van der Waals surface area contributed by atoms with Crippen molar-refractivity contribution in [3.05, 3.63) is 29.6 Å². The summed E-state index contributed by atoms with van der Waals surface area (Å²) in [5, 5.41) is 0. The maximum Gasteiger partial charge on any atom is 0.123 e. The van der Waals surface area contributed by atoms with Crippen molar-refractivity contribution < 1.29 is 4.39 Å². The van der Waals surface area contributed by atoms with Crippen LogP contribution in [0, 0.1) is 5.82 Å². The fourth-order valence-electron chi connectivity index (χ4n) is 2.12. The van der Waals surface area contributed by atoms with Crippen molar-refractivity contribution >= 4 is 5.69 Å². The molecule has 0 amide bonds. The largest absolute Gasteiger partial charge is 0.368 e. The summed E-state index contributed by atoms with van der Waals surface area (Å²) in [5.74, 6) is -0.198. The summed E-state index contributed by atoms with van der Waals surface area (Å²) in [5.41, 5.74) is 7.72. The Morgan fingerprint density at radius 2 is 2.19 bits per heavy atom. The first kappa shape index (κ1) is 11.4. The van der Waals surface area contributed by atoms with Crippen LogP contribution in [-0.2, 0) is 6.54 Å². The second-order valence-electron chi connectivity index (χ2n) is 4.40. The number of hydrogen-bond donors (Lipinski definition) is 1. The van der Waals surface area contributed by atoms with E-state index in [4.69, 9.17) is 5.73 Å². The average Bonchev–Trinajstić information content (AvgIpc) is 3.10. The van der Waals surface area contributed by atoms with Crippen molar-refractivity contribution in [3.8, 4) is 0 Å². The smallest absolute Gasteiger partial charge is 0.123 e. The lowest BCUT2D eigenvalue weighted by molar-refractivity contribution is 0.624. The molecule has 0 atom stereocenters. The van der Waals surface area contributed by atoms with Crippen molar-refractivity contribution in [2.75, 3.05) is 11.4 Å². The molecule has 0 radical (unpaired) electrons. The van der Waals surface area contributed by atoms with Gasteiger partial charge in [-0.3, -0.25) is 0 Å². The fraction of sp³-hybridized carbons (Fsp3) is 0.538. The van der Waals surface area contributed by atoms with E-state index in [0.717, 1.165) is 24.2 Å². The van der Waals surface area contributed by atoms with Gasteiger partial charge in [-0.15, -0.1) is 0 Å². The second kappa shape index (κ2) is 4.83. The Labute approximate surface area is 96.2 Å². The lowest BCUT2D eigenvalue weighted by atomic mass is 10.1. The molecule has 2 N–H and O–H groups in total. The van der Waals surface area contributed by atoms with Crippen LogP contribution in [0.1, 0.15) is 31.7 Å². The number of nitrogens with zero attached hydrogens (tertiary/aromatic N) is 1. The van der Waals surface area contributed by atoms with Gasteiger partial charge < -0.3 is 10.6 Å². The summed E-state index contributed by atoms with van der Waals surface area (Å²) in [4.78, 5) is 2.38. The number of rotatable bonds is 5. The SMILES string of the molecule is CCCN(c1ccc(F)cc1CN)C1CC1. The zero-order valence-electron chi connectivity index (χ0n) is 9.75. The Bertz CT molecular complexity index is 361. The minimum Gasteiger partial charge on any atom is -0.368 e. The van der Waals surface area contributed by atoms with Crippen LogP contribution in [-0.4, -0.2) is 12.6 Å². The van der Waals surface area contributed by atoms with E-state index in [1.807, 2.05) is 6.07 Å². The van der Waals surface area contributed by atoms with Gasteiger partial charge in [0, 0.05) is 24.8 Å². The lowest BCUT2D eigenvalue weighted by Gasteiger charge is -2.26. The molecule has 0 saturated heterocycles. The standard InChI is InChI=1S/C13H19FN2/c1-2-7-16(12-4-5-12)13-6-3-11(14)8-10(13)9-15/h3,6,8,12H,2,4-5,7,9,15H2,1H3. The van der Waals surface area contributed by atoms with Gasteiger partial charge in [0.2, 0.25) is 0 Å². The highest BCUT2D eigenvalue weighted by molar-refractivity contribution is 5.55. The Morgan fingerprint density at radius 3 is 2.75 bits per heavy atom. The quantitative estimate of drug-likeness (QED) is 0.830. The van der Waals surface area contributed by atoms with E-state index >= 15 is 0 Å². The van der Waals surface area contributed by atoms with Crippen LogP contribution < -0.4 is 10.6 Å². The summed E-state index contributed by atoms with van der Waals surface area (Å²) < 4.78 is 13.1. The van der Waals surface area contributed by atoms with Gasteiger partial charge in [-0.2, -0.15) is 0 Å². The molecular weight excluding hydrogens is 203 g/mol. The van der Waals surface area contributed by atoms with E-state index in [0.29, 0.717) is 12.6 Å². The molecule has 1 aliphatic carbocycles. The molecule has 88 valence electrons. The molecule has 1 fully saturated rings. The average molecular weight is 222 g/mol. The van der Waals surface area contributed by atoms with Gasteiger partial charge in [0.25, 0.3) is 0 Å². The molecule has 2 nitrogen and oxygen atoms in total. The van der Waals surface area contributed by atoms with Crippen LogP contribution in [0.5, 0.6) is 0 Å². The lowest BCUT2D eigenvalue weighted by Crippen LogP contribution is -2.28. The second-order valence-corrected chi connectivity index (χ2v) is 4.40. The summed E-state index contributed by atoms with van der Waals surface area (Å²) in [6.45, 7) is 3.60. The van der Waals surface area contributed by atoms with E-state index in [9.17, 15) is 4.39 Å². The molecular formula is C13H19FN2. The van der Waals surface area contributed by atoms with Gasteiger partial charge >= 0.3 is 0 Å². The van der Waals surface area contributed by atoms with Gasteiger partial charge in [0.1, 0.15) is 5.82 Å². The Hall–Kier alpha value is -1.09. The molecule has 2 rings (SSSR count). The predicted octanol–water partition coefficient (Wildman–Crippen LogP) is 2.66. The van der Waals surface area contributed by atoms with E-state index in [1.165, 1.54) is 18.9 Å². The molecule has 1 saturated carbocycles. The van der Waals surface area contributed by atoms with Crippen LogP contribution >= 0.6 is 0 Å². The fourth-order valence-corrected chi connectivity index (χ4v) is 2.12. The van der Waals surface area contributed by atoms with Gasteiger partial charge in [0.15, 0.2) is 0 Å². The number of anilines is 1. The molecule has 0 unspecified atom stereocenters. The molecule has 0 bridgehead atoms. The zero-order valence-corrected chi connectivity index (χ0v) is 9.75. The van der Waals surface area contributed by atoms with E-state index < -0.39 is 0 Å². The maximum absolute atomic E-state index is 13.1. The highest BCUT2D eigenvalue weighted by Gasteiger charge is 2.29. The summed E-state index contributed by atoms with van der Waals surface area (Å²) in [7, 11) is 0. The molecule has 1 aromatic carbocycles. The third kappa shape index (κ3) is 2.35. The van der Waals surface area contributed by atoms with Crippen molar-refractivity contribution in [2.45, 2.75) is 38.8 Å². The Morgan fingerprint density at radius 1 is 1.44 bits per heavy atom. The van der Waals surface area contributed by atoms with Crippen LogP contribution in [0.2, 0.25) is 0 Å². The highest BCUT2D eigenvalue weighted by Crippen LogP contribution is 2.33. The third-order valence-corrected chi connectivity index (χ3v) is 3.02. The number of nitrogens with two attached hydrogens (primary N) is 1. The van der Waals surface area contributed by atoms with Crippen LogP contribution in [0.15, 0.2) is 18.2 Å². The third-order valence-electron chi connectivity index (χ3n) is 3.02. The van der Waals surface area contributed by atoms with Gasteiger partial charge in [-0.25, -0.2) is 4.39 Å².